The monoisotopic (exact) mass is 509 g/mol. The third-order valence-corrected chi connectivity index (χ3v) is 4.96. The van der Waals surface area contributed by atoms with Gasteiger partial charge in [0, 0.05) is 10.6 Å². The molecule has 0 spiro atoms. The number of methoxy groups -OCH3 is 1. The highest BCUT2D eigenvalue weighted by Crippen LogP contribution is 2.28. The van der Waals surface area contributed by atoms with Crippen molar-refractivity contribution in [1.82, 2.24) is 10.7 Å². The maximum atomic E-state index is 12.3. The smallest absolute Gasteiger partial charge is 0.343 e. The highest BCUT2D eigenvalue weighted by atomic mass is 35.5. The topological polar surface area (TPSA) is 115 Å². The van der Waals surface area contributed by atoms with Crippen LogP contribution in [0, 0.1) is 0 Å². The number of carbonyl (C=O) groups excluding carboxylic acids is 3. The van der Waals surface area contributed by atoms with E-state index < -0.39 is 17.8 Å². The molecule has 9 nitrogen and oxygen atoms in total. The summed E-state index contributed by atoms with van der Waals surface area (Å²) in [4.78, 5) is 36.5. The lowest BCUT2D eigenvalue weighted by Gasteiger charge is -2.10. The zero-order valence-electron chi connectivity index (χ0n) is 19.6. The van der Waals surface area contributed by atoms with Gasteiger partial charge in [-0.2, -0.15) is 5.10 Å². The van der Waals surface area contributed by atoms with Crippen molar-refractivity contribution in [3.8, 4) is 17.2 Å². The van der Waals surface area contributed by atoms with E-state index >= 15 is 0 Å². The van der Waals surface area contributed by atoms with Gasteiger partial charge in [-0.1, -0.05) is 11.6 Å². The summed E-state index contributed by atoms with van der Waals surface area (Å²) in [5.74, 6) is -0.293. The first-order valence-electron chi connectivity index (χ1n) is 10.9. The van der Waals surface area contributed by atoms with Gasteiger partial charge >= 0.3 is 5.97 Å². The molecular formula is C26H24ClN3O6. The molecule has 0 aliphatic rings. The summed E-state index contributed by atoms with van der Waals surface area (Å²) < 4.78 is 16.0. The van der Waals surface area contributed by atoms with Gasteiger partial charge in [0.15, 0.2) is 11.5 Å². The molecule has 3 aromatic carbocycles. The molecule has 0 heterocycles. The van der Waals surface area contributed by atoms with Crippen molar-refractivity contribution in [2.45, 2.75) is 6.92 Å². The van der Waals surface area contributed by atoms with Crippen molar-refractivity contribution in [3.05, 3.63) is 88.4 Å². The number of nitrogens with one attached hydrogen (secondary N) is 2. The number of hydrogen-bond donors (Lipinski definition) is 2. The minimum absolute atomic E-state index is 0.218. The molecule has 0 atom stereocenters. The summed E-state index contributed by atoms with van der Waals surface area (Å²) >= 11 is 5.84. The summed E-state index contributed by atoms with van der Waals surface area (Å²) in [6, 6.07) is 17.7. The molecule has 0 aromatic heterocycles. The second kappa shape index (κ2) is 12.9. The Kier molecular flexibility index (Phi) is 9.41. The van der Waals surface area contributed by atoms with Gasteiger partial charge in [-0.3, -0.25) is 9.59 Å². The fourth-order valence-electron chi connectivity index (χ4n) is 2.94. The molecule has 2 N–H and O–H groups in total. The van der Waals surface area contributed by atoms with Crippen LogP contribution < -0.4 is 25.0 Å². The summed E-state index contributed by atoms with van der Waals surface area (Å²) in [6.45, 7) is 2.14. The van der Waals surface area contributed by atoms with Gasteiger partial charge in [0.1, 0.15) is 5.75 Å². The number of halogens is 1. The lowest BCUT2D eigenvalue weighted by molar-refractivity contribution is -0.120. The number of nitrogens with zero attached hydrogens (tertiary/aromatic N) is 1. The van der Waals surface area contributed by atoms with E-state index in [1.807, 2.05) is 6.92 Å². The van der Waals surface area contributed by atoms with Crippen LogP contribution in [0.2, 0.25) is 5.02 Å². The molecule has 3 aromatic rings. The molecule has 3 rings (SSSR count). The fourth-order valence-corrected chi connectivity index (χ4v) is 3.07. The maximum absolute atomic E-state index is 12.3. The van der Waals surface area contributed by atoms with Gasteiger partial charge in [0.05, 0.1) is 32.0 Å². The second-order valence-corrected chi connectivity index (χ2v) is 7.68. The molecular weight excluding hydrogens is 486 g/mol. The number of esters is 1. The molecule has 0 saturated heterocycles. The van der Waals surface area contributed by atoms with Gasteiger partial charge < -0.3 is 19.5 Å². The Morgan fingerprint density at radius 2 is 1.64 bits per heavy atom. The van der Waals surface area contributed by atoms with Crippen molar-refractivity contribution < 1.29 is 28.6 Å². The Bertz CT molecular complexity index is 1240. The zero-order chi connectivity index (χ0) is 25.9. The minimum atomic E-state index is -0.564. The van der Waals surface area contributed by atoms with E-state index in [0.717, 1.165) is 0 Å². The second-order valence-electron chi connectivity index (χ2n) is 7.24. The molecule has 0 radical (unpaired) electrons. The molecule has 0 fully saturated rings. The van der Waals surface area contributed by atoms with Crippen molar-refractivity contribution in [2.24, 2.45) is 5.10 Å². The van der Waals surface area contributed by atoms with Crippen molar-refractivity contribution in [1.29, 1.82) is 0 Å². The predicted molar refractivity (Wildman–Crippen MR) is 135 cm³/mol. The molecule has 0 aliphatic carbocycles. The zero-order valence-corrected chi connectivity index (χ0v) is 20.4. The van der Waals surface area contributed by atoms with Gasteiger partial charge in [-0.15, -0.1) is 0 Å². The van der Waals surface area contributed by atoms with Crippen LogP contribution in [-0.4, -0.2) is 44.3 Å². The largest absolute Gasteiger partial charge is 0.494 e. The van der Waals surface area contributed by atoms with Crippen LogP contribution in [0.3, 0.4) is 0 Å². The van der Waals surface area contributed by atoms with E-state index in [0.29, 0.717) is 39.8 Å². The number of benzene rings is 3. The number of hydrogen-bond acceptors (Lipinski definition) is 7. The van der Waals surface area contributed by atoms with Crippen LogP contribution in [0.5, 0.6) is 17.2 Å². The van der Waals surface area contributed by atoms with Crippen molar-refractivity contribution in [2.75, 3.05) is 20.3 Å². The van der Waals surface area contributed by atoms with Crippen LogP contribution >= 0.6 is 11.6 Å². The Balaban J connectivity index is 1.51. The average molecular weight is 510 g/mol. The molecule has 0 saturated carbocycles. The molecule has 0 aliphatic heterocycles. The quantitative estimate of drug-likeness (QED) is 0.186. The van der Waals surface area contributed by atoms with E-state index in [1.54, 1.807) is 66.7 Å². The van der Waals surface area contributed by atoms with Gasteiger partial charge in [-0.25, -0.2) is 10.2 Å². The maximum Gasteiger partial charge on any atom is 0.343 e. The number of rotatable bonds is 10. The summed E-state index contributed by atoms with van der Waals surface area (Å²) in [7, 11) is 1.44. The Morgan fingerprint density at radius 3 is 2.31 bits per heavy atom. The lowest BCUT2D eigenvalue weighted by Crippen LogP contribution is -2.34. The Morgan fingerprint density at radius 1 is 0.944 bits per heavy atom. The van der Waals surface area contributed by atoms with Crippen LogP contribution in [0.15, 0.2) is 71.8 Å². The van der Waals surface area contributed by atoms with Crippen LogP contribution in [0.1, 0.15) is 33.2 Å². The highest BCUT2D eigenvalue weighted by molar-refractivity contribution is 6.30. The van der Waals surface area contributed by atoms with E-state index in [2.05, 4.69) is 15.8 Å². The van der Waals surface area contributed by atoms with Gasteiger partial charge in [0.2, 0.25) is 0 Å². The molecule has 36 heavy (non-hydrogen) atoms. The van der Waals surface area contributed by atoms with E-state index in [-0.39, 0.29) is 12.3 Å². The van der Waals surface area contributed by atoms with E-state index in [4.69, 9.17) is 25.8 Å². The fraction of sp³-hybridized carbons (Fsp3) is 0.154. The third-order valence-electron chi connectivity index (χ3n) is 4.71. The average Bonchev–Trinajstić information content (AvgIpc) is 2.89. The third kappa shape index (κ3) is 7.57. The first kappa shape index (κ1) is 26.2. The number of hydrazone groups is 1. The van der Waals surface area contributed by atoms with Gasteiger partial charge in [-0.05, 0) is 79.2 Å². The summed E-state index contributed by atoms with van der Waals surface area (Å²) in [5, 5.41) is 6.90. The van der Waals surface area contributed by atoms with Crippen molar-refractivity contribution >= 4 is 35.6 Å². The van der Waals surface area contributed by atoms with Crippen LogP contribution in [0.25, 0.3) is 0 Å². The molecule has 186 valence electrons. The van der Waals surface area contributed by atoms with E-state index in [9.17, 15) is 14.4 Å². The molecule has 0 bridgehead atoms. The van der Waals surface area contributed by atoms with Gasteiger partial charge in [0.25, 0.3) is 11.8 Å². The Labute approximate surface area is 213 Å². The van der Waals surface area contributed by atoms with Crippen molar-refractivity contribution in [3.63, 3.8) is 0 Å². The molecule has 0 unspecified atom stereocenters. The number of ether oxygens (including phenoxy) is 3. The highest BCUT2D eigenvalue weighted by Gasteiger charge is 2.13. The van der Waals surface area contributed by atoms with E-state index in [1.165, 1.54) is 13.3 Å². The summed E-state index contributed by atoms with van der Waals surface area (Å²) in [5.41, 5.74) is 3.65. The standard InChI is InChI=1S/C26H24ClN3O6/c1-3-35-21-11-7-18(8-12-21)25(32)28-16-24(31)30-29-15-17-4-13-22(23(14-17)34-2)36-26(33)19-5-9-20(27)10-6-19/h4-15H,3,16H2,1-2H3,(H,28,32)(H,30,31)/b29-15+. The summed E-state index contributed by atoms with van der Waals surface area (Å²) in [6.07, 6.45) is 1.39. The first-order valence-corrected chi connectivity index (χ1v) is 11.3. The SMILES string of the molecule is CCOc1ccc(C(=O)NCC(=O)N/N=C/c2ccc(OC(=O)c3ccc(Cl)cc3)c(OC)c2)cc1. The minimum Gasteiger partial charge on any atom is -0.494 e. The first-order chi connectivity index (χ1) is 17.4. The normalized spacial score (nSPS) is 10.5. The molecule has 10 heteroatoms. The number of amides is 2. The molecule has 2 amide bonds. The number of carbonyl (C=O) groups is 3. The lowest BCUT2D eigenvalue weighted by atomic mass is 10.2. The van der Waals surface area contributed by atoms with Crippen LogP contribution in [0.4, 0.5) is 0 Å². The predicted octanol–water partition coefficient (Wildman–Crippen LogP) is 3.85. The van der Waals surface area contributed by atoms with Crippen LogP contribution in [-0.2, 0) is 4.79 Å². The Hall–Kier alpha value is -4.37.